The van der Waals surface area contributed by atoms with Gasteiger partial charge in [0.05, 0.1) is 5.60 Å². The second-order valence-electron chi connectivity index (χ2n) is 5.56. The largest absolute Gasteiger partial charge is 0.389 e. The van der Waals surface area contributed by atoms with Crippen LogP contribution in [0.25, 0.3) is 0 Å². The Labute approximate surface area is 88.1 Å². The summed E-state index contributed by atoms with van der Waals surface area (Å²) >= 11 is 0. The van der Waals surface area contributed by atoms with Gasteiger partial charge in [0, 0.05) is 12.1 Å². The molecule has 84 valence electrons. The van der Waals surface area contributed by atoms with E-state index in [0.29, 0.717) is 6.04 Å². The van der Waals surface area contributed by atoms with Crippen molar-refractivity contribution in [1.82, 2.24) is 5.32 Å². The normalized spacial score (nSPS) is 36.0. The molecule has 2 nitrogen and oxygen atoms in total. The van der Waals surface area contributed by atoms with Crippen molar-refractivity contribution in [2.24, 2.45) is 11.8 Å². The summed E-state index contributed by atoms with van der Waals surface area (Å²) in [7, 11) is 0. The van der Waals surface area contributed by atoms with Gasteiger partial charge in [0.1, 0.15) is 0 Å². The summed E-state index contributed by atoms with van der Waals surface area (Å²) in [6.45, 7) is 10.4. The van der Waals surface area contributed by atoms with Gasteiger partial charge < -0.3 is 10.4 Å². The van der Waals surface area contributed by atoms with Crippen LogP contribution in [0.5, 0.6) is 0 Å². The van der Waals surface area contributed by atoms with Crippen molar-refractivity contribution in [3.05, 3.63) is 0 Å². The summed E-state index contributed by atoms with van der Waals surface area (Å²) in [6.07, 6.45) is 2.57. The highest BCUT2D eigenvalue weighted by Gasteiger charge is 2.33. The van der Waals surface area contributed by atoms with Gasteiger partial charge in [-0.1, -0.05) is 13.8 Å². The topological polar surface area (TPSA) is 32.3 Å². The molecule has 1 fully saturated rings. The van der Waals surface area contributed by atoms with Gasteiger partial charge >= 0.3 is 0 Å². The van der Waals surface area contributed by atoms with Gasteiger partial charge in [-0.15, -0.1) is 0 Å². The molecule has 4 unspecified atom stereocenters. The fraction of sp³-hybridized carbons (Fsp3) is 1.00. The van der Waals surface area contributed by atoms with E-state index in [1.807, 2.05) is 13.8 Å². The van der Waals surface area contributed by atoms with Crippen LogP contribution in [0.15, 0.2) is 0 Å². The lowest BCUT2D eigenvalue weighted by Gasteiger charge is -2.31. The molecule has 0 spiro atoms. The molecule has 0 amide bonds. The second kappa shape index (κ2) is 4.19. The molecule has 0 saturated heterocycles. The van der Waals surface area contributed by atoms with Crippen LogP contribution in [-0.4, -0.2) is 22.8 Å². The van der Waals surface area contributed by atoms with Crippen LogP contribution in [-0.2, 0) is 0 Å². The molecule has 0 aromatic rings. The maximum Gasteiger partial charge on any atom is 0.0741 e. The van der Waals surface area contributed by atoms with Crippen LogP contribution < -0.4 is 5.32 Å². The first-order chi connectivity index (χ1) is 6.32. The molecule has 14 heavy (non-hydrogen) atoms. The average Bonchev–Trinajstić information content (AvgIpc) is 2.34. The molecule has 1 rings (SSSR count). The van der Waals surface area contributed by atoms with E-state index in [1.54, 1.807) is 0 Å². The summed E-state index contributed by atoms with van der Waals surface area (Å²) in [5, 5.41) is 13.4. The lowest BCUT2D eigenvalue weighted by Crippen LogP contribution is -2.49. The summed E-state index contributed by atoms with van der Waals surface area (Å²) in [6, 6.07) is 0.756. The van der Waals surface area contributed by atoms with E-state index in [-0.39, 0.29) is 6.04 Å². The first-order valence-electron chi connectivity index (χ1n) is 5.80. The Kier molecular flexibility index (Phi) is 3.59. The highest BCUT2D eigenvalue weighted by atomic mass is 16.3. The van der Waals surface area contributed by atoms with E-state index in [4.69, 9.17) is 0 Å². The van der Waals surface area contributed by atoms with Gasteiger partial charge in [0.2, 0.25) is 0 Å². The van der Waals surface area contributed by atoms with Gasteiger partial charge in [-0.2, -0.15) is 0 Å². The zero-order valence-electron chi connectivity index (χ0n) is 10.2. The minimum absolute atomic E-state index is 0.167. The summed E-state index contributed by atoms with van der Waals surface area (Å²) in [5.41, 5.74) is -0.619. The van der Waals surface area contributed by atoms with Gasteiger partial charge in [0.25, 0.3) is 0 Å². The summed E-state index contributed by atoms with van der Waals surface area (Å²) < 4.78 is 0. The average molecular weight is 199 g/mol. The molecular formula is C12H25NO. The number of aliphatic hydroxyl groups is 1. The highest BCUT2D eigenvalue weighted by Crippen LogP contribution is 2.31. The Morgan fingerprint density at radius 2 is 1.86 bits per heavy atom. The van der Waals surface area contributed by atoms with E-state index >= 15 is 0 Å². The van der Waals surface area contributed by atoms with E-state index in [2.05, 4.69) is 26.1 Å². The zero-order valence-corrected chi connectivity index (χ0v) is 10.2. The Morgan fingerprint density at radius 3 is 2.21 bits per heavy atom. The van der Waals surface area contributed by atoms with Crippen LogP contribution in [0.1, 0.15) is 47.5 Å². The molecule has 0 heterocycles. The molecule has 0 aromatic heterocycles. The maximum absolute atomic E-state index is 9.84. The predicted molar refractivity (Wildman–Crippen MR) is 60.2 cm³/mol. The monoisotopic (exact) mass is 199 g/mol. The van der Waals surface area contributed by atoms with Gasteiger partial charge in [-0.25, -0.2) is 0 Å². The lowest BCUT2D eigenvalue weighted by molar-refractivity contribution is 0.0376. The molecule has 1 saturated carbocycles. The standard InChI is InChI=1S/C12H25NO/c1-8-6-7-11(9(8)2)13-10(3)12(4,5)14/h8-11,13-14H,6-7H2,1-5H3. The van der Waals surface area contributed by atoms with Crippen LogP contribution in [0.4, 0.5) is 0 Å². The van der Waals surface area contributed by atoms with Crippen molar-refractivity contribution in [1.29, 1.82) is 0 Å². The summed E-state index contributed by atoms with van der Waals surface area (Å²) in [5.74, 6) is 1.56. The molecular weight excluding hydrogens is 174 g/mol. The molecule has 2 heteroatoms. The number of hydrogen-bond acceptors (Lipinski definition) is 2. The predicted octanol–water partition coefficient (Wildman–Crippen LogP) is 2.17. The molecule has 4 atom stereocenters. The van der Waals surface area contributed by atoms with E-state index in [9.17, 15) is 5.11 Å². The Bertz CT molecular complexity index is 185. The van der Waals surface area contributed by atoms with Crippen molar-refractivity contribution >= 4 is 0 Å². The maximum atomic E-state index is 9.84. The zero-order chi connectivity index (χ0) is 10.9. The molecule has 1 aliphatic rings. The first kappa shape index (κ1) is 12.0. The van der Waals surface area contributed by atoms with Gasteiger partial charge in [-0.3, -0.25) is 0 Å². The number of nitrogens with one attached hydrogen (secondary N) is 1. The quantitative estimate of drug-likeness (QED) is 0.730. The third kappa shape index (κ3) is 2.71. The van der Waals surface area contributed by atoms with Crippen LogP contribution in [0.2, 0.25) is 0 Å². The summed E-state index contributed by atoms with van der Waals surface area (Å²) in [4.78, 5) is 0. The lowest BCUT2D eigenvalue weighted by atomic mass is 9.94. The highest BCUT2D eigenvalue weighted by molar-refractivity contribution is 4.90. The molecule has 2 N–H and O–H groups in total. The van der Waals surface area contributed by atoms with Crippen molar-refractivity contribution in [2.75, 3.05) is 0 Å². The number of rotatable bonds is 3. The van der Waals surface area contributed by atoms with E-state index in [0.717, 1.165) is 11.8 Å². The van der Waals surface area contributed by atoms with Crippen molar-refractivity contribution in [2.45, 2.75) is 65.1 Å². The van der Waals surface area contributed by atoms with E-state index in [1.165, 1.54) is 12.8 Å². The fourth-order valence-corrected chi connectivity index (χ4v) is 2.12. The van der Waals surface area contributed by atoms with Gasteiger partial charge in [0.15, 0.2) is 0 Å². The Hall–Kier alpha value is -0.0800. The first-order valence-corrected chi connectivity index (χ1v) is 5.80. The van der Waals surface area contributed by atoms with Crippen molar-refractivity contribution in [3.63, 3.8) is 0 Å². The smallest absolute Gasteiger partial charge is 0.0741 e. The van der Waals surface area contributed by atoms with Crippen molar-refractivity contribution in [3.8, 4) is 0 Å². The molecule has 0 aliphatic heterocycles. The van der Waals surface area contributed by atoms with Crippen molar-refractivity contribution < 1.29 is 5.11 Å². The third-order valence-electron chi connectivity index (χ3n) is 3.99. The fourth-order valence-electron chi connectivity index (χ4n) is 2.12. The van der Waals surface area contributed by atoms with Crippen LogP contribution in [0, 0.1) is 11.8 Å². The van der Waals surface area contributed by atoms with Crippen LogP contribution in [0.3, 0.4) is 0 Å². The molecule has 0 bridgehead atoms. The minimum atomic E-state index is -0.619. The van der Waals surface area contributed by atoms with E-state index < -0.39 is 5.60 Å². The molecule has 0 radical (unpaired) electrons. The third-order valence-corrected chi connectivity index (χ3v) is 3.99. The Morgan fingerprint density at radius 1 is 1.29 bits per heavy atom. The SMILES string of the molecule is CC1CCC(NC(C)C(C)(C)O)C1C. The Balaban J connectivity index is 2.46. The minimum Gasteiger partial charge on any atom is -0.389 e. The second-order valence-corrected chi connectivity index (χ2v) is 5.56. The number of hydrogen-bond donors (Lipinski definition) is 2. The van der Waals surface area contributed by atoms with Gasteiger partial charge in [-0.05, 0) is 45.4 Å². The molecule has 1 aliphatic carbocycles. The van der Waals surface area contributed by atoms with Crippen LogP contribution >= 0.6 is 0 Å². The molecule has 0 aromatic carbocycles.